The number of nitrogens with two attached hydrogens (primary N) is 1. The van der Waals surface area contributed by atoms with Crippen molar-refractivity contribution in [2.45, 2.75) is 26.4 Å². The molecule has 4 nitrogen and oxygen atoms in total. The third-order valence-corrected chi connectivity index (χ3v) is 3.40. The molecule has 1 heterocycles. The molecule has 0 saturated carbocycles. The van der Waals surface area contributed by atoms with E-state index in [9.17, 15) is 4.79 Å². The van der Waals surface area contributed by atoms with Gasteiger partial charge in [0.1, 0.15) is 6.10 Å². The van der Waals surface area contributed by atoms with Gasteiger partial charge >= 0.3 is 0 Å². The maximum atomic E-state index is 12.2. The first-order valence-corrected chi connectivity index (χ1v) is 6.84. The van der Waals surface area contributed by atoms with Crippen LogP contribution < -0.4 is 11.1 Å². The fourth-order valence-corrected chi connectivity index (χ4v) is 2.25. The molecule has 2 unspecified atom stereocenters. The Morgan fingerprint density at radius 1 is 1.55 bits per heavy atom. The van der Waals surface area contributed by atoms with Crippen molar-refractivity contribution in [3.05, 3.63) is 29.3 Å². The molecule has 1 fully saturated rings. The van der Waals surface area contributed by atoms with Crippen LogP contribution in [0.25, 0.3) is 0 Å². The molecule has 1 aromatic rings. The molecule has 1 amide bonds. The number of amides is 1. The Morgan fingerprint density at radius 3 is 3.00 bits per heavy atom. The summed E-state index contributed by atoms with van der Waals surface area (Å²) in [5.41, 5.74) is 7.99. The second kappa shape index (κ2) is 6.56. The standard InChI is InChI=1S/C16H20N2O2/c1-11-5-6-14(13(10-11)4-3-8-17)18-16(19)15-12(2)7-9-20-15/h5-6,10,12,15H,7-9,17H2,1-2H3,(H,18,19). The summed E-state index contributed by atoms with van der Waals surface area (Å²) in [5.74, 6) is 5.96. The molecule has 1 aromatic carbocycles. The third kappa shape index (κ3) is 3.38. The summed E-state index contributed by atoms with van der Waals surface area (Å²) < 4.78 is 5.48. The lowest BCUT2D eigenvalue weighted by molar-refractivity contribution is -0.126. The van der Waals surface area contributed by atoms with E-state index in [1.54, 1.807) is 0 Å². The van der Waals surface area contributed by atoms with E-state index in [1.165, 1.54) is 0 Å². The maximum absolute atomic E-state index is 12.2. The van der Waals surface area contributed by atoms with Crippen LogP contribution in [0.3, 0.4) is 0 Å². The molecule has 0 bridgehead atoms. The second-order valence-electron chi connectivity index (χ2n) is 5.10. The number of carbonyl (C=O) groups is 1. The fourth-order valence-electron chi connectivity index (χ4n) is 2.25. The minimum atomic E-state index is -0.369. The Bertz CT molecular complexity index is 557. The van der Waals surface area contributed by atoms with Crippen molar-refractivity contribution in [3.63, 3.8) is 0 Å². The van der Waals surface area contributed by atoms with Gasteiger partial charge in [-0.15, -0.1) is 0 Å². The Labute approximate surface area is 119 Å². The smallest absolute Gasteiger partial charge is 0.253 e. The van der Waals surface area contributed by atoms with E-state index < -0.39 is 0 Å². The molecule has 1 aliphatic heterocycles. The summed E-state index contributed by atoms with van der Waals surface area (Å²) in [6.07, 6.45) is 0.554. The predicted octanol–water partition coefficient (Wildman–Crippen LogP) is 1.67. The van der Waals surface area contributed by atoms with Gasteiger partial charge in [0.15, 0.2) is 0 Å². The molecule has 0 aromatic heterocycles. The number of aryl methyl sites for hydroxylation is 1. The Morgan fingerprint density at radius 2 is 2.35 bits per heavy atom. The molecule has 3 N–H and O–H groups in total. The fraction of sp³-hybridized carbons (Fsp3) is 0.438. The molecule has 0 aliphatic carbocycles. The average molecular weight is 272 g/mol. The first-order chi connectivity index (χ1) is 9.61. The molecular weight excluding hydrogens is 252 g/mol. The average Bonchev–Trinajstić information content (AvgIpc) is 2.85. The van der Waals surface area contributed by atoms with Crippen LogP contribution in [0.5, 0.6) is 0 Å². The lowest BCUT2D eigenvalue weighted by Gasteiger charge is -2.15. The van der Waals surface area contributed by atoms with Gasteiger partial charge in [0.25, 0.3) is 5.91 Å². The lowest BCUT2D eigenvalue weighted by Crippen LogP contribution is -2.31. The zero-order valence-electron chi connectivity index (χ0n) is 11.9. The van der Waals surface area contributed by atoms with Gasteiger partial charge in [0.05, 0.1) is 12.2 Å². The summed E-state index contributed by atoms with van der Waals surface area (Å²) in [6.45, 7) is 4.96. The number of benzene rings is 1. The molecule has 2 atom stereocenters. The van der Waals surface area contributed by atoms with E-state index >= 15 is 0 Å². The maximum Gasteiger partial charge on any atom is 0.253 e. The summed E-state index contributed by atoms with van der Waals surface area (Å²) in [5, 5.41) is 2.91. The number of anilines is 1. The lowest BCUT2D eigenvalue weighted by atomic mass is 10.0. The summed E-state index contributed by atoms with van der Waals surface area (Å²) in [7, 11) is 0. The minimum Gasteiger partial charge on any atom is -0.368 e. The van der Waals surface area contributed by atoms with Gasteiger partial charge in [0.2, 0.25) is 0 Å². The Hall–Kier alpha value is -1.83. The van der Waals surface area contributed by atoms with Gasteiger partial charge in [-0.25, -0.2) is 0 Å². The van der Waals surface area contributed by atoms with Gasteiger partial charge < -0.3 is 15.8 Å². The first kappa shape index (κ1) is 14.6. The molecule has 1 aliphatic rings. The number of carbonyl (C=O) groups excluding carboxylic acids is 1. The highest BCUT2D eigenvalue weighted by atomic mass is 16.5. The highest BCUT2D eigenvalue weighted by molar-refractivity contribution is 5.95. The van der Waals surface area contributed by atoms with Crippen molar-refractivity contribution in [1.29, 1.82) is 0 Å². The predicted molar refractivity (Wildman–Crippen MR) is 79.3 cm³/mol. The van der Waals surface area contributed by atoms with Crippen LogP contribution >= 0.6 is 0 Å². The number of rotatable bonds is 2. The summed E-state index contributed by atoms with van der Waals surface area (Å²) >= 11 is 0. The van der Waals surface area contributed by atoms with E-state index in [0.29, 0.717) is 18.8 Å². The molecule has 4 heteroatoms. The monoisotopic (exact) mass is 272 g/mol. The summed E-state index contributed by atoms with van der Waals surface area (Å²) in [4.78, 5) is 12.2. The molecular formula is C16H20N2O2. The first-order valence-electron chi connectivity index (χ1n) is 6.84. The van der Waals surface area contributed by atoms with Crippen molar-refractivity contribution in [2.75, 3.05) is 18.5 Å². The molecule has 20 heavy (non-hydrogen) atoms. The van der Waals surface area contributed by atoms with Crippen LogP contribution in [0.15, 0.2) is 18.2 Å². The number of ether oxygens (including phenoxy) is 1. The zero-order valence-corrected chi connectivity index (χ0v) is 11.9. The van der Waals surface area contributed by atoms with Gasteiger partial charge in [-0.1, -0.05) is 24.8 Å². The van der Waals surface area contributed by atoms with Gasteiger partial charge in [0, 0.05) is 12.2 Å². The Balaban J connectivity index is 2.18. The molecule has 0 spiro atoms. The van der Waals surface area contributed by atoms with Gasteiger partial charge in [-0.3, -0.25) is 4.79 Å². The van der Waals surface area contributed by atoms with E-state index in [-0.39, 0.29) is 17.9 Å². The van der Waals surface area contributed by atoms with Crippen LogP contribution in [0.4, 0.5) is 5.69 Å². The minimum absolute atomic E-state index is 0.102. The zero-order chi connectivity index (χ0) is 14.5. The van der Waals surface area contributed by atoms with E-state index in [4.69, 9.17) is 10.5 Å². The van der Waals surface area contributed by atoms with Crippen LogP contribution in [-0.4, -0.2) is 25.2 Å². The van der Waals surface area contributed by atoms with Crippen molar-refractivity contribution in [2.24, 2.45) is 11.7 Å². The molecule has 106 valence electrons. The molecule has 1 saturated heterocycles. The SMILES string of the molecule is Cc1ccc(NC(=O)C2OCCC2C)c(C#CCN)c1. The van der Waals surface area contributed by atoms with Crippen molar-refractivity contribution in [3.8, 4) is 11.8 Å². The van der Waals surface area contributed by atoms with Crippen LogP contribution in [-0.2, 0) is 9.53 Å². The van der Waals surface area contributed by atoms with Crippen molar-refractivity contribution < 1.29 is 9.53 Å². The number of hydrogen-bond acceptors (Lipinski definition) is 3. The number of hydrogen-bond donors (Lipinski definition) is 2. The largest absolute Gasteiger partial charge is 0.368 e. The second-order valence-corrected chi connectivity index (χ2v) is 5.10. The normalized spacial score (nSPS) is 21.1. The number of nitrogens with one attached hydrogen (secondary N) is 1. The third-order valence-electron chi connectivity index (χ3n) is 3.40. The molecule has 2 rings (SSSR count). The van der Waals surface area contributed by atoms with Gasteiger partial charge in [-0.2, -0.15) is 0 Å². The Kier molecular flexibility index (Phi) is 4.78. The summed E-state index contributed by atoms with van der Waals surface area (Å²) in [6, 6.07) is 5.76. The quantitative estimate of drug-likeness (QED) is 0.805. The van der Waals surface area contributed by atoms with Crippen LogP contribution in [0.1, 0.15) is 24.5 Å². The van der Waals surface area contributed by atoms with E-state index in [0.717, 1.165) is 17.5 Å². The van der Waals surface area contributed by atoms with E-state index in [2.05, 4.69) is 17.2 Å². The van der Waals surface area contributed by atoms with Crippen LogP contribution in [0, 0.1) is 24.7 Å². The highest BCUT2D eigenvalue weighted by Gasteiger charge is 2.31. The van der Waals surface area contributed by atoms with Crippen molar-refractivity contribution in [1.82, 2.24) is 0 Å². The van der Waals surface area contributed by atoms with Crippen molar-refractivity contribution >= 4 is 11.6 Å². The van der Waals surface area contributed by atoms with Gasteiger partial charge in [-0.05, 0) is 37.0 Å². The van der Waals surface area contributed by atoms with Crippen LogP contribution in [0.2, 0.25) is 0 Å². The topological polar surface area (TPSA) is 64.3 Å². The van der Waals surface area contributed by atoms with E-state index in [1.807, 2.05) is 32.0 Å². The molecule has 0 radical (unpaired) electrons. The highest BCUT2D eigenvalue weighted by Crippen LogP contribution is 2.23.